The van der Waals surface area contributed by atoms with Crippen molar-refractivity contribution in [2.45, 2.75) is 80.4 Å². The molecule has 1 aliphatic rings. The van der Waals surface area contributed by atoms with Crippen molar-refractivity contribution in [3.05, 3.63) is 112 Å². The van der Waals surface area contributed by atoms with Gasteiger partial charge in [-0.1, -0.05) is 77.9 Å². The second-order valence-corrected chi connectivity index (χ2v) is 14.4. The number of aryl methyl sites for hydroxylation is 6. The molecule has 3 heteroatoms. The minimum atomic E-state index is -0.423. The minimum absolute atomic E-state index is 0.402. The van der Waals surface area contributed by atoms with E-state index in [0.29, 0.717) is 0 Å². The van der Waals surface area contributed by atoms with E-state index in [-0.39, 0.29) is 0 Å². The molecule has 0 aromatic heterocycles. The Kier molecular flexibility index (Phi) is 6.82. The molecule has 0 amide bonds. The van der Waals surface area contributed by atoms with E-state index in [4.69, 9.17) is 9.31 Å². The quantitative estimate of drug-likeness (QED) is 0.151. The highest BCUT2D eigenvalue weighted by atomic mass is 16.7. The molecule has 0 bridgehead atoms. The molecule has 0 radical (unpaired) electrons. The van der Waals surface area contributed by atoms with Crippen LogP contribution in [0.1, 0.15) is 61.1 Å². The Labute approximate surface area is 268 Å². The highest BCUT2D eigenvalue weighted by Crippen LogP contribution is 2.45. The summed E-state index contributed by atoms with van der Waals surface area (Å²) in [5, 5.41) is 7.59. The third kappa shape index (κ3) is 4.71. The van der Waals surface area contributed by atoms with E-state index in [2.05, 4.69) is 148 Å². The lowest BCUT2D eigenvalue weighted by Crippen LogP contribution is -2.41. The van der Waals surface area contributed by atoms with Crippen LogP contribution in [0.4, 0.5) is 0 Å². The van der Waals surface area contributed by atoms with Gasteiger partial charge in [-0.25, -0.2) is 0 Å². The van der Waals surface area contributed by atoms with E-state index in [1.807, 2.05) is 0 Å². The Hall–Kier alpha value is -3.92. The van der Waals surface area contributed by atoms with Crippen molar-refractivity contribution < 1.29 is 9.31 Å². The van der Waals surface area contributed by atoms with Crippen molar-refractivity contribution >= 4 is 44.9 Å². The topological polar surface area (TPSA) is 18.5 Å². The zero-order valence-corrected chi connectivity index (χ0v) is 28.4. The summed E-state index contributed by atoms with van der Waals surface area (Å²) in [5.41, 5.74) is 13.2. The number of rotatable bonds is 3. The molecule has 7 rings (SSSR count). The summed E-state index contributed by atoms with van der Waals surface area (Å²) in [6.07, 6.45) is 0. The fourth-order valence-corrected chi connectivity index (χ4v) is 7.77. The fraction of sp³-hybridized carbons (Fsp3) is 0.286. The first-order valence-corrected chi connectivity index (χ1v) is 16.2. The lowest BCUT2D eigenvalue weighted by molar-refractivity contribution is 0.00578. The van der Waals surface area contributed by atoms with Gasteiger partial charge in [-0.2, -0.15) is 0 Å². The number of hydrogen-bond donors (Lipinski definition) is 0. The monoisotopic (exact) mass is 590 g/mol. The van der Waals surface area contributed by atoms with Crippen molar-refractivity contribution in [2.24, 2.45) is 0 Å². The predicted octanol–water partition coefficient (Wildman–Crippen LogP) is 10.6. The maximum Gasteiger partial charge on any atom is 0.494 e. The normalized spacial score (nSPS) is 15.9. The molecular weight excluding hydrogens is 547 g/mol. The lowest BCUT2D eigenvalue weighted by atomic mass is 9.76. The smallest absolute Gasteiger partial charge is 0.399 e. The molecule has 6 aromatic carbocycles. The molecule has 2 nitrogen and oxygen atoms in total. The summed E-state index contributed by atoms with van der Waals surface area (Å²) in [4.78, 5) is 0. The first kappa shape index (κ1) is 29.8. The van der Waals surface area contributed by atoms with E-state index >= 15 is 0 Å². The van der Waals surface area contributed by atoms with E-state index in [0.717, 1.165) is 5.46 Å². The SMILES string of the molecule is Cc1cc(C)c(-c2cc3c4ccc(B5OC(C)(C)C(C)(C)O5)cc4c(-c4c(C)cc(C)cc4C)cc3c3ccccc23)c(C)c1. The fourth-order valence-electron chi connectivity index (χ4n) is 7.77. The molecule has 226 valence electrons. The van der Waals surface area contributed by atoms with Crippen LogP contribution in [0, 0.1) is 41.5 Å². The Bertz CT molecular complexity index is 2120. The summed E-state index contributed by atoms with van der Waals surface area (Å²) in [6, 6.07) is 29.9. The average molecular weight is 591 g/mol. The summed E-state index contributed by atoms with van der Waals surface area (Å²) in [6.45, 7) is 21.8. The van der Waals surface area contributed by atoms with Crippen molar-refractivity contribution in [2.75, 3.05) is 0 Å². The van der Waals surface area contributed by atoms with Gasteiger partial charge < -0.3 is 9.31 Å². The number of hydrogen-bond acceptors (Lipinski definition) is 2. The summed E-state index contributed by atoms with van der Waals surface area (Å²) in [7, 11) is -0.423. The predicted molar refractivity (Wildman–Crippen MR) is 194 cm³/mol. The van der Waals surface area contributed by atoms with Gasteiger partial charge in [0.2, 0.25) is 0 Å². The van der Waals surface area contributed by atoms with Crippen molar-refractivity contribution in [3.8, 4) is 22.3 Å². The second-order valence-electron chi connectivity index (χ2n) is 14.4. The van der Waals surface area contributed by atoms with Crippen LogP contribution >= 0.6 is 0 Å². The van der Waals surface area contributed by atoms with Crippen LogP contribution in [0.3, 0.4) is 0 Å². The van der Waals surface area contributed by atoms with Crippen LogP contribution in [-0.2, 0) is 9.31 Å². The van der Waals surface area contributed by atoms with Crippen LogP contribution in [-0.4, -0.2) is 18.3 Å². The maximum atomic E-state index is 6.54. The van der Waals surface area contributed by atoms with E-state index < -0.39 is 18.3 Å². The van der Waals surface area contributed by atoms with Crippen molar-refractivity contribution in [1.29, 1.82) is 0 Å². The molecule has 0 aliphatic carbocycles. The molecule has 0 saturated carbocycles. The Morgan fingerprint density at radius 2 is 0.867 bits per heavy atom. The molecule has 1 saturated heterocycles. The van der Waals surface area contributed by atoms with E-state index in [1.165, 1.54) is 88.0 Å². The molecule has 0 unspecified atom stereocenters. The van der Waals surface area contributed by atoms with Crippen LogP contribution < -0.4 is 5.46 Å². The maximum absolute atomic E-state index is 6.54. The Balaban J connectivity index is 1.60. The number of benzene rings is 6. The molecule has 0 N–H and O–H groups in total. The third-order valence-electron chi connectivity index (χ3n) is 10.4. The highest BCUT2D eigenvalue weighted by molar-refractivity contribution is 6.62. The summed E-state index contributed by atoms with van der Waals surface area (Å²) < 4.78 is 13.1. The summed E-state index contributed by atoms with van der Waals surface area (Å²) in [5.74, 6) is 0. The van der Waals surface area contributed by atoms with Gasteiger partial charge in [0.1, 0.15) is 0 Å². The van der Waals surface area contributed by atoms with Crippen LogP contribution in [0.25, 0.3) is 54.6 Å². The minimum Gasteiger partial charge on any atom is -0.399 e. The van der Waals surface area contributed by atoms with Crippen LogP contribution in [0.15, 0.2) is 78.9 Å². The van der Waals surface area contributed by atoms with Gasteiger partial charge in [-0.3, -0.25) is 0 Å². The molecule has 0 spiro atoms. The van der Waals surface area contributed by atoms with Crippen LogP contribution in [0.2, 0.25) is 0 Å². The zero-order valence-electron chi connectivity index (χ0n) is 28.4. The lowest BCUT2D eigenvalue weighted by Gasteiger charge is -2.32. The molecule has 6 aromatic rings. The van der Waals surface area contributed by atoms with Crippen molar-refractivity contribution in [3.63, 3.8) is 0 Å². The Morgan fingerprint density at radius 1 is 0.444 bits per heavy atom. The van der Waals surface area contributed by atoms with Gasteiger partial charge in [-0.05, 0) is 164 Å². The standard InChI is InChI=1S/C42H43BO2/c1-24-17-26(3)39(27(4)18-24)37-22-36-33-16-15-30(43-44-41(7,8)42(9,10)45-43)21-34(33)38(40-28(5)19-25(2)20-29(40)6)23-35(36)31-13-11-12-14-32(31)37/h11-23H,1-10H3. The third-order valence-corrected chi connectivity index (χ3v) is 10.4. The van der Waals surface area contributed by atoms with Crippen LogP contribution in [0.5, 0.6) is 0 Å². The van der Waals surface area contributed by atoms with Gasteiger partial charge in [0.25, 0.3) is 0 Å². The molecule has 45 heavy (non-hydrogen) atoms. The first-order chi connectivity index (χ1) is 21.3. The van der Waals surface area contributed by atoms with Gasteiger partial charge in [-0.15, -0.1) is 0 Å². The Morgan fingerprint density at radius 3 is 1.36 bits per heavy atom. The van der Waals surface area contributed by atoms with Gasteiger partial charge in [0, 0.05) is 0 Å². The molecule has 1 heterocycles. The number of fused-ring (bicyclic) bond motifs is 5. The zero-order chi connectivity index (χ0) is 32.0. The molecule has 0 atom stereocenters. The van der Waals surface area contributed by atoms with Gasteiger partial charge in [0.05, 0.1) is 11.2 Å². The molecule has 1 aliphatic heterocycles. The molecule has 1 fully saturated rings. The van der Waals surface area contributed by atoms with Gasteiger partial charge in [0.15, 0.2) is 0 Å². The summed E-state index contributed by atoms with van der Waals surface area (Å²) >= 11 is 0. The highest BCUT2D eigenvalue weighted by Gasteiger charge is 2.51. The van der Waals surface area contributed by atoms with E-state index in [9.17, 15) is 0 Å². The van der Waals surface area contributed by atoms with Gasteiger partial charge >= 0.3 is 7.12 Å². The largest absolute Gasteiger partial charge is 0.494 e. The molecular formula is C42H43BO2. The average Bonchev–Trinajstić information content (AvgIpc) is 3.18. The second kappa shape index (κ2) is 10.3. The van der Waals surface area contributed by atoms with Crippen molar-refractivity contribution in [1.82, 2.24) is 0 Å². The first-order valence-electron chi connectivity index (χ1n) is 16.2. The van der Waals surface area contributed by atoms with E-state index in [1.54, 1.807) is 0 Å².